The van der Waals surface area contributed by atoms with Gasteiger partial charge in [-0.15, -0.1) is 11.3 Å². The van der Waals surface area contributed by atoms with Crippen molar-refractivity contribution in [2.24, 2.45) is 0 Å². The summed E-state index contributed by atoms with van der Waals surface area (Å²) in [6, 6.07) is 4.37. The second-order valence-electron chi connectivity index (χ2n) is 6.25. The number of hydrogen-bond donors (Lipinski definition) is 1. The first-order chi connectivity index (χ1) is 11.6. The number of rotatable bonds is 7. The van der Waals surface area contributed by atoms with E-state index in [0.29, 0.717) is 0 Å². The number of nitrogens with one attached hydrogen (secondary N) is 1. The molecule has 1 N–H and O–H groups in total. The molecule has 24 heavy (non-hydrogen) atoms. The summed E-state index contributed by atoms with van der Waals surface area (Å²) in [6.45, 7) is 7.13. The molecule has 0 bridgehead atoms. The van der Waals surface area contributed by atoms with Gasteiger partial charge in [-0.3, -0.25) is 4.90 Å². The van der Waals surface area contributed by atoms with E-state index in [9.17, 15) is 0 Å². The number of morpholine rings is 1. The van der Waals surface area contributed by atoms with Crippen LogP contribution in [0.3, 0.4) is 0 Å². The van der Waals surface area contributed by atoms with E-state index in [1.165, 1.54) is 4.88 Å². The number of nitrogens with zero attached hydrogens (tertiary/aromatic N) is 3. The molecule has 0 radical (unpaired) electrons. The topological polar surface area (TPSA) is 53.8 Å². The van der Waals surface area contributed by atoms with Gasteiger partial charge in [-0.2, -0.15) is 0 Å². The second kappa shape index (κ2) is 8.11. The van der Waals surface area contributed by atoms with Crippen LogP contribution < -0.4 is 10.2 Å². The zero-order valence-electron chi connectivity index (χ0n) is 14.6. The highest BCUT2D eigenvalue weighted by molar-refractivity contribution is 7.15. The monoisotopic (exact) mass is 350 g/mol. The van der Waals surface area contributed by atoms with Gasteiger partial charge in [0.25, 0.3) is 0 Å². The third-order valence-electron chi connectivity index (χ3n) is 4.14. The van der Waals surface area contributed by atoms with Crippen molar-refractivity contribution in [3.63, 3.8) is 0 Å². The average Bonchev–Trinajstić information content (AvgIpc) is 3.22. The fraction of sp³-hybridized carbons (Fsp3) is 0.588. The fourth-order valence-electron chi connectivity index (χ4n) is 2.85. The summed E-state index contributed by atoms with van der Waals surface area (Å²) < 4.78 is 11.4. The minimum Gasteiger partial charge on any atom is -0.465 e. The van der Waals surface area contributed by atoms with Gasteiger partial charge in [0.15, 0.2) is 5.13 Å². The molecule has 0 amide bonds. The van der Waals surface area contributed by atoms with Crippen molar-refractivity contribution in [2.75, 3.05) is 51.8 Å². The van der Waals surface area contributed by atoms with Crippen molar-refractivity contribution in [1.82, 2.24) is 15.2 Å². The van der Waals surface area contributed by atoms with E-state index in [2.05, 4.69) is 21.3 Å². The van der Waals surface area contributed by atoms with Crippen LogP contribution in [0.1, 0.15) is 22.4 Å². The van der Waals surface area contributed by atoms with Crippen LogP contribution in [0.5, 0.6) is 0 Å². The summed E-state index contributed by atoms with van der Waals surface area (Å²) in [5.41, 5.74) is 0. The number of hydrogen-bond acceptors (Lipinski definition) is 7. The summed E-state index contributed by atoms with van der Waals surface area (Å²) in [6.07, 6.45) is 1.95. The molecule has 0 spiro atoms. The van der Waals surface area contributed by atoms with Gasteiger partial charge in [-0.05, 0) is 19.1 Å². The lowest BCUT2D eigenvalue weighted by Crippen LogP contribution is -2.42. The van der Waals surface area contributed by atoms with Crippen molar-refractivity contribution >= 4 is 16.5 Å². The molecular formula is C17H26N4O2S. The van der Waals surface area contributed by atoms with Crippen molar-refractivity contribution < 1.29 is 9.15 Å². The maximum atomic E-state index is 5.90. The Bertz CT molecular complexity index is 634. The van der Waals surface area contributed by atoms with Gasteiger partial charge in [0, 0.05) is 51.3 Å². The standard InChI is InChI=1S/C17H26N4O2S/c1-13-4-5-16(23-13)15(21-6-8-22-9-7-21)12-18-10-14-11-19-17(24-14)20(2)3/h4-5,11,15,18H,6-10,12H2,1-3H3/t15-/m1/s1. The predicted octanol–water partition coefficient (Wildman–Crippen LogP) is 2.27. The van der Waals surface area contributed by atoms with E-state index in [4.69, 9.17) is 9.15 Å². The maximum Gasteiger partial charge on any atom is 0.185 e. The smallest absolute Gasteiger partial charge is 0.185 e. The summed E-state index contributed by atoms with van der Waals surface area (Å²) in [7, 11) is 4.04. The Labute approximate surface area is 147 Å². The molecule has 1 aliphatic heterocycles. The summed E-state index contributed by atoms with van der Waals surface area (Å²) in [5, 5.41) is 4.61. The van der Waals surface area contributed by atoms with Gasteiger partial charge in [0.05, 0.1) is 19.3 Å². The minimum atomic E-state index is 0.240. The molecule has 2 aromatic rings. The predicted molar refractivity (Wildman–Crippen MR) is 96.7 cm³/mol. The zero-order chi connectivity index (χ0) is 16.9. The molecule has 0 aliphatic carbocycles. The molecule has 132 valence electrons. The lowest BCUT2D eigenvalue weighted by molar-refractivity contribution is 0.0115. The lowest BCUT2D eigenvalue weighted by Gasteiger charge is -2.33. The number of thiazole rings is 1. The van der Waals surface area contributed by atoms with Crippen molar-refractivity contribution in [3.8, 4) is 0 Å². The SMILES string of the molecule is Cc1ccc([C@@H](CNCc2cnc(N(C)C)s2)N2CCOCC2)o1. The number of aromatic nitrogens is 1. The van der Waals surface area contributed by atoms with E-state index in [-0.39, 0.29) is 6.04 Å². The Morgan fingerprint density at radius 1 is 1.33 bits per heavy atom. The number of aryl methyl sites for hydroxylation is 1. The van der Waals surface area contributed by atoms with Gasteiger partial charge in [-0.1, -0.05) is 0 Å². The van der Waals surface area contributed by atoms with Crippen LogP contribution in [0.25, 0.3) is 0 Å². The van der Waals surface area contributed by atoms with Gasteiger partial charge < -0.3 is 19.4 Å². The summed E-state index contributed by atoms with van der Waals surface area (Å²) in [4.78, 5) is 10.1. The molecule has 0 aromatic carbocycles. The normalized spacial score (nSPS) is 17.1. The van der Waals surface area contributed by atoms with E-state index in [0.717, 1.165) is 56.0 Å². The first-order valence-corrected chi connectivity index (χ1v) is 9.16. The number of anilines is 1. The summed E-state index contributed by atoms with van der Waals surface area (Å²) in [5.74, 6) is 1.99. The third kappa shape index (κ3) is 4.36. The number of furan rings is 1. The molecule has 0 unspecified atom stereocenters. The average molecular weight is 350 g/mol. The van der Waals surface area contributed by atoms with E-state index in [1.807, 2.05) is 38.2 Å². The molecule has 7 heteroatoms. The van der Waals surface area contributed by atoms with Gasteiger partial charge in [0.2, 0.25) is 0 Å². The van der Waals surface area contributed by atoms with Gasteiger partial charge in [-0.25, -0.2) is 4.98 Å². The zero-order valence-corrected chi connectivity index (χ0v) is 15.4. The van der Waals surface area contributed by atoms with Crippen molar-refractivity contribution in [1.29, 1.82) is 0 Å². The van der Waals surface area contributed by atoms with Crippen LogP contribution in [0.4, 0.5) is 5.13 Å². The maximum absolute atomic E-state index is 5.90. The van der Waals surface area contributed by atoms with E-state index >= 15 is 0 Å². The molecule has 6 nitrogen and oxygen atoms in total. The molecule has 3 rings (SSSR count). The first-order valence-electron chi connectivity index (χ1n) is 8.34. The van der Waals surface area contributed by atoms with Gasteiger partial charge >= 0.3 is 0 Å². The molecular weight excluding hydrogens is 324 g/mol. The Balaban J connectivity index is 1.60. The molecule has 3 heterocycles. The molecule has 1 saturated heterocycles. The molecule has 2 aromatic heterocycles. The second-order valence-corrected chi connectivity index (χ2v) is 7.34. The highest BCUT2D eigenvalue weighted by Gasteiger charge is 2.24. The van der Waals surface area contributed by atoms with Gasteiger partial charge in [0.1, 0.15) is 11.5 Å². The Kier molecular flexibility index (Phi) is 5.89. The lowest BCUT2D eigenvalue weighted by atomic mass is 10.1. The summed E-state index contributed by atoms with van der Waals surface area (Å²) >= 11 is 1.72. The Morgan fingerprint density at radius 2 is 2.12 bits per heavy atom. The van der Waals surface area contributed by atoms with Crippen LogP contribution in [0, 0.1) is 6.92 Å². The quantitative estimate of drug-likeness (QED) is 0.827. The molecule has 1 fully saturated rings. The van der Waals surface area contributed by atoms with Crippen LogP contribution in [0.2, 0.25) is 0 Å². The number of ether oxygens (including phenoxy) is 1. The highest BCUT2D eigenvalue weighted by atomic mass is 32.1. The van der Waals surface area contributed by atoms with Crippen LogP contribution in [-0.2, 0) is 11.3 Å². The van der Waals surface area contributed by atoms with Crippen molar-refractivity contribution in [2.45, 2.75) is 19.5 Å². The third-order valence-corrected chi connectivity index (χ3v) is 5.30. The Morgan fingerprint density at radius 3 is 2.75 bits per heavy atom. The largest absolute Gasteiger partial charge is 0.465 e. The molecule has 0 saturated carbocycles. The fourth-order valence-corrected chi connectivity index (χ4v) is 3.65. The van der Waals surface area contributed by atoms with Crippen LogP contribution >= 0.6 is 11.3 Å². The minimum absolute atomic E-state index is 0.240. The van der Waals surface area contributed by atoms with Crippen LogP contribution in [-0.4, -0.2) is 56.8 Å². The highest BCUT2D eigenvalue weighted by Crippen LogP contribution is 2.24. The Hall–Kier alpha value is -1.41. The first kappa shape index (κ1) is 17.4. The van der Waals surface area contributed by atoms with Crippen LogP contribution in [0.15, 0.2) is 22.7 Å². The van der Waals surface area contributed by atoms with Crippen molar-refractivity contribution in [3.05, 3.63) is 34.7 Å². The molecule has 1 atom stereocenters. The van der Waals surface area contributed by atoms with E-state index in [1.54, 1.807) is 11.3 Å². The molecule has 1 aliphatic rings. The van der Waals surface area contributed by atoms with E-state index < -0.39 is 0 Å².